The molecule has 0 aromatic carbocycles. The molecule has 1 amide bonds. The number of nitrogens with zero attached hydrogens (tertiary/aromatic N) is 3. The minimum absolute atomic E-state index is 0.0146. The Morgan fingerprint density at radius 1 is 1.55 bits per heavy atom. The van der Waals surface area contributed by atoms with Crippen LogP contribution in [-0.2, 0) is 19.4 Å². The minimum Gasteiger partial charge on any atom is -0.351 e. The van der Waals surface area contributed by atoms with E-state index in [4.69, 9.17) is 0 Å². The Hall–Kier alpha value is -1.69. The van der Waals surface area contributed by atoms with Gasteiger partial charge in [0.2, 0.25) is 0 Å². The molecule has 3 heterocycles. The first-order valence-corrected chi connectivity index (χ1v) is 7.86. The summed E-state index contributed by atoms with van der Waals surface area (Å²) >= 11 is 1.42. The fourth-order valence-electron chi connectivity index (χ4n) is 2.63. The van der Waals surface area contributed by atoms with E-state index in [9.17, 15) is 4.79 Å². The quantitative estimate of drug-likeness (QED) is 0.935. The lowest BCUT2D eigenvalue weighted by molar-refractivity contribution is 0.0946. The first-order valence-electron chi connectivity index (χ1n) is 6.98. The second-order valence-corrected chi connectivity index (χ2v) is 5.95. The van der Waals surface area contributed by atoms with Crippen LogP contribution in [-0.4, -0.2) is 27.0 Å². The van der Waals surface area contributed by atoms with Gasteiger partial charge in [0.1, 0.15) is 10.7 Å². The second-order valence-electron chi connectivity index (χ2n) is 5.09. The van der Waals surface area contributed by atoms with Crippen molar-refractivity contribution >= 4 is 17.2 Å². The standard InChI is InChI=1S/C14H18N4OS/c1-2-11-13(20-9-17-11)14(19)16-7-10-3-4-12-15-5-6-18(12)8-10/h5-6,9-10H,2-4,7-8H2,1H3,(H,16,19)/t10-/m0/s1. The van der Waals surface area contributed by atoms with Gasteiger partial charge in [-0.05, 0) is 18.8 Å². The van der Waals surface area contributed by atoms with E-state index in [0.29, 0.717) is 5.92 Å². The van der Waals surface area contributed by atoms with Crippen LogP contribution in [0.4, 0.5) is 0 Å². The predicted molar refractivity (Wildman–Crippen MR) is 77.9 cm³/mol. The molecule has 2 aromatic heterocycles. The van der Waals surface area contributed by atoms with Crippen molar-refractivity contribution < 1.29 is 4.79 Å². The summed E-state index contributed by atoms with van der Waals surface area (Å²) in [6.07, 6.45) is 6.74. The summed E-state index contributed by atoms with van der Waals surface area (Å²) in [6, 6.07) is 0. The lowest BCUT2D eigenvalue weighted by Crippen LogP contribution is -2.33. The van der Waals surface area contributed by atoms with Gasteiger partial charge in [0.25, 0.3) is 5.91 Å². The van der Waals surface area contributed by atoms with Crippen LogP contribution >= 0.6 is 11.3 Å². The van der Waals surface area contributed by atoms with Gasteiger partial charge in [-0.3, -0.25) is 4.79 Å². The van der Waals surface area contributed by atoms with E-state index >= 15 is 0 Å². The zero-order valence-corrected chi connectivity index (χ0v) is 12.3. The van der Waals surface area contributed by atoms with Gasteiger partial charge in [-0.1, -0.05) is 6.92 Å². The normalized spacial score (nSPS) is 17.8. The number of thiazole rings is 1. The SMILES string of the molecule is CCc1ncsc1C(=O)NC[C@@H]1CCc2nccn2C1. The fraction of sp³-hybridized carbons (Fsp3) is 0.500. The number of amides is 1. The highest BCUT2D eigenvalue weighted by atomic mass is 32.1. The number of aryl methyl sites for hydroxylation is 2. The van der Waals surface area contributed by atoms with Crippen molar-refractivity contribution in [3.63, 3.8) is 0 Å². The molecule has 20 heavy (non-hydrogen) atoms. The molecule has 0 radical (unpaired) electrons. The molecule has 2 aromatic rings. The van der Waals surface area contributed by atoms with Crippen molar-refractivity contribution in [2.45, 2.75) is 32.7 Å². The van der Waals surface area contributed by atoms with Crippen LogP contribution in [0.25, 0.3) is 0 Å². The van der Waals surface area contributed by atoms with Crippen molar-refractivity contribution in [1.29, 1.82) is 0 Å². The third kappa shape index (κ3) is 2.60. The molecule has 1 atom stereocenters. The van der Waals surface area contributed by atoms with Gasteiger partial charge < -0.3 is 9.88 Å². The Bertz CT molecular complexity index is 604. The number of carbonyl (C=O) groups excluding carboxylic acids is 1. The maximum absolute atomic E-state index is 12.2. The fourth-order valence-corrected chi connectivity index (χ4v) is 3.42. The Morgan fingerprint density at radius 3 is 3.30 bits per heavy atom. The number of aromatic nitrogens is 3. The van der Waals surface area contributed by atoms with Gasteiger partial charge in [0, 0.05) is 31.9 Å². The second kappa shape index (κ2) is 5.75. The molecule has 106 valence electrons. The number of rotatable bonds is 4. The summed E-state index contributed by atoms with van der Waals surface area (Å²) in [5.74, 6) is 1.66. The molecule has 0 aliphatic carbocycles. The Morgan fingerprint density at radius 2 is 2.45 bits per heavy atom. The van der Waals surface area contributed by atoms with Crippen molar-refractivity contribution in [3.8, 4) is 0 Å². The van der Waals surface area contributed by atoms with Gasteiger partial charge in [0.05, 0.1) is 11.2 Å². The molecule has 6 heteroatoms. The predicted octanol–water partition coefficient (Wildman–Crippen LogP) is 1.89. The van der Waals surface area contributed by atoms with E-state index in [2.05, 4.69) is 19.9 Å². The minimum atomic E-state index is 0.0146. The third-order valence-corrected chi connectivity index (χ3v) is 4.63. The molecule has 0 spiro atoms. The Kier molecular flexibility index (Phi) is 3.82. The van der Waals surface area contributed by atoms with Crippen molar-refractivity contribution in [3.05, 3.63) is 34.3 Å². The number of carbonyl (C=O) groups is 1. The summed E-state index contributed by atoms with van der Waals surface area (Å²) < 4.78 is 2.19. The van der Waals surface area contributed by atoms with Crippen LogP contribution in [0.1, 0.15) is 34.5 Å². The molecular weight excluding hydrogens is 272 g/mol. The summed E-state index contributed by atoms with van der Waals surface area (Å²) in [5, 5.41) is 3.05. The molecular formula is C14H18N4OS. The Balaban J connectivity index is 1.57. The molecule has 5 nitrogen and oxygen atoms in total. The molecule has 0 saturated carbocycles. The van der Waals surface area contributed by atoms with Crippen LogP contribution < -0.4 is 5.32 Å². The number of nitrogens with one attached hydrogen (secondary N) is 1. The van der Waals surface area contributed by atoms with Crippen LogP contribution in [0.5, 0.6) is 0 Å². The van der Waals surface area contributed by atoms with Gasteiger partial charge in [-0.25, -0.2) is 9.97 Å². The van der Waals surface area contributed by atoms with E-state index in [0.717, 1.165) is 48.7 Å². The van der Waals surface area contributed by atoms with Gasteiger partial charge in [0.15, 0.2) is 0 Å². The molecule has 1 aliphatic rings. The highest BCUT2D eigenvalue weighted by Crippen LogP contribution is 2.19. The summed E-state index contributed by atoms with van der Waals surface area (Å²) in [5.41, 5.74) is 2.64. The number of hydrogen-bond acceptors (Lipinski definition) is 4. The smallest absolute Gasteiger partial charge is 0.263 e. The van der Waals surface area contributed by atoms with E-state index in [1.807, 2.05) is 19.3 Å². The lowest BCUT2D eigenvalue weighted by atomic mass is 9.99. The van der Waals surface area contributed by atoms with Crippen molar-refractivity contribution in [1.82, 2.24) is 19.9 Å². The summed E-state index contributed by atoms with van der Waals surface area (Å²) in [6.45, 7) is 3.68. The zero-order valence-electron chi connectivity index (χ0n) is 11.5. The van der Waals surface area contributed by atoms with Crippen molar-refractivity contribution in [2.75, 3.05) is 6.54 Å². The van der Waals surface area contributed by atoms with E-state index in [1.54, 1.807) is 5.51 Å². The molecule has 0 unspecified atom stereocenters. The monoisotopic (exact) mass is 290 g/mol. The lowest BCUT2D eigenvalue weighted by Gasteiger charge is -2.23. The maximum atomic E-state index is 12.2. The summed E-state index contributed by atoms with van der Waals surface area (Å²) in [4.78, 5) is 21.5. The van der Waals surface area contributed by atoms with Gasteiger partial charge >= 0.3 is 0 Å². The molecule has 3 rings (SSSR count). The number of hydrogen-bond donors (Lipinski definition) is 1. The maximum Gasteiger partial charge on any atom is 0.263 e. The average Bonchev–Trinajstić information content (AvgIpc) is 3.12. The largest absolute Gasteiger partial charge is 0.351 e. The zero-order chi connectivity index (χ0) is 13.9. The van der Waals surface area contributed by atoms with E-state index in [1.165, 1.54) is 11.3 Å². The van der Waals surface area contributed by atoms with E-state index in [-0.39, 0.29) is 5.91 Å². The van der Waals surface area contributed by atoms with Crippen molar-refractivity contribution in [2.24, 2.45) is 5.92 Å². The molecule has 1 N–H and O–H groups in total. The third-order valence-electron chi connectivity index (χ3n) is 3.77. The van der Waals surface area contributed by atoms with Gasteiger partial charge in [-0.15, -0.1) is 11.3 Å². The molecule has 0 saturated heterocycles. The molecule has 1 aliphatic heterocycles. The highest BCUT2D eigenvalue weighted by molar-refractivity contribution is 7.11. The summed E-state index contributed by atoms with van der Waals surface area (Å²) in [7, 11) is 0. The van der Waals surface area contributed by atoms with Crippen LogP contribution in [0, 0.1) is 5.92 Å². The van der Waals surface area contributed by atoms with Crippen LogP contribution in [0.3, 0.4) is 0 Å². The number of imidazole rings is 1. The number of fused-ring (bicyclic) bond motifs is 1. The Labute approximate surface area is 122 Å². The average molecular weight is 290 g/mol. The van der Waals surface area contributed by atoms with Gasteiger partial charge in [-0.2, -0.15) is 0 Å². The van der Waals surface area contributed by atoms with E-state index < -0.39 is 0 Å². The first-order chi connectivity index (χ1) is 9.78. The van der Waals surface area contributed by atoms with Crippen LogP contribution in [0.15, 0.2) is 17.9 Å². The first kappa shape index (κ1) is 13.3. The van der Waals surface area contributed by atoms with Crippen LogP contribution in [0.2, 0.25) is 0 Å². The molecule has 0 fully saturated rings. The molecule has 0 bridgehead atoms. The highest BCUT2D eigenvalue weighted by Gasteiger charge is 2.20. The topological polar surface area (TPSA) is 59.8 Å².